The third-order valence-corrected chi connectivity index (χ3v) is 10.1. The van der Waals surface area contributed by atoms with Crippen LogP contribution in [0.15, 0.2) is 103 Å². The van der Waals surface area contributed by atoms with Crippen molar-refractivity contribution >= 4 is 23.6 Å². The Hall–Kier alpha value is -6.61. The van der Waals surface area contributed by atoms with Gasteiger partial charge in [-0.3, -0.25) is 4.79 Å². The number of rotatable bonds is 18. The molecule has 1 aliphatic heterocycles. The molecule has 2 N–H and O–H groups in total. The summed E-state index contributed by atoms with van der Waals surface area (Å²) in [5, 5.41) is 12.0. The number of ether oxygens (including phenoxy) is 4. The van der Waals surface area contributed by atoms with E-state index in [2.05, 4.69) is 15.1 Å². The number of carbonyl (C=O) groups excluding carboxylic acids is 1. The van der Waals surface area contributed by atoms with Crippen LogP contribution < -0.4 is 24.4 Å². The molecule has 1 aliphatic rings. The lowest BCUT2D eigenvalue weighted by atomic mass is 9.97. The number of pyridine rings is 1. The van der Waals surface area contributed by atoms with Crippen LogP contribution in [0.3, 0.4) is 0 Å². The van der Waals surface area contributed by atoms with Crippen LogP contribution in [0.5, 0.6) is 17.2 Å². The third kappa shape index (κ3) is 12.9. The molecule has 61 heavy (non-hydrogen) atoms. The number of aliphatic carboxylic acids is 1. The van der Waals surface area contributed by atoms with Crippen LogP contribution in [-0.2, 0) is 22.7 Å². The lowest BCUT2D eigenvalue weighted by molar-refractivity contribution is -0.137. The quantitative estimate of drug-likeness (QED) is 0.0656. The summed E-state index contributed by atoms with van der Waals surface area (Å²) in [4.78, 5) is 34.2. The summed E-state index contributed by atoms with van der Waals surface area (Å²) in [5.41, 5.74) is 3.42. The molecule has 0 bridgehead atoms. The van der Waals surface area contributed by atoms with Crippen molar-refractivity contribution in [2.75, 3.05) is 24.6 Å². The maximum absolute atomic E-state index is 15.5. The van der Waals surface area contributed by atoms with Crippen molar-refractivity contribution in [3.8, 4) is 39.6 Å². The number of carbonyl (C=O) groups is 2. The molecule has 318 valence electrons. The molecule has 1 amide bonds. The number of hydrogen-bond acceptors (Lipinski definition) is 8. The number of carboxylic acids is 1. The molecule has 0 unspecified atom stereocenters. The van der Waals surface area contributed by atoms with Gasteiger partial charge in [-0.15, -0.1) is 0 Å². The maximum atomic E-state index is 15.5. The summed E-state index contributed by atoms with van der Waals surface area (Å²) in [6.07, 6.45) is 3.99. The van der Waals surface area contributed by atoms with Gasteiger partial charge in [0.2, 0.25) is 5.69 Å². The highest BCUT2D eigenvalue weighted by Gasteiger charge is 2.27. The third-order valence-electron chi connectivity index (χ3n) is 10.1. The highest BCUT2D eigenvalue weighted by molar-refractivity contribution is 5.88. The number of hydrogen-bond donors (Lipinski definition) is 2. The first-order valence-electron chi connectivity index (χ1n) is 20.7. The first-order valence-corrected chi connectivity index (χ1v) is 20.7. The predicted octanol–water partition coefficient (Wildman–Crippen LogP) is 11.2. The summed E-state index contributed by atoms with van der Waals surface area (Å²) in [6, 6.07) is 31.6. The van der Waals surface area contributed by atoms with E-state index in [-0.39, 0.29) is 31.4 Å². The van der Waals surface area contributed by atoms with E-state index in [4.69, 9.17) is 35.6 Å². The Morgan fingerprint density at radius 2 is 1.44 bits per heavy atom. The molecular weight excluding hydrogens is 776 g/mol. The van der Waals surface area contributed by atoms with Crippen molar-refractivity contribution in [2.45, 2.75) is 90.6 Å². The molecule has 0 radical (unpaired) electrons. The number of benzene rings is 4. The standard InChI is InChI=1S/C49H53FN4O7/c1-49(2,3)61-48(57)52-38-24-26-54(27-25-38)44-31-43(60-33-35-17-11-8-12-18-35)46(47(53-44)37-20-22-40(51-4)39(50)29-37)36-21-23-41(58-28-14-6-5-13-19-45(55)56)42(30-36)59-32-34-15-9-7-10-16-34/h7-12,15-18,20-23,29-31,38H,5-6,13-14,19,24-28,32-33H2,1-3H3,(H,52,57)(H,55,56). The van der Waals surface area contributed by atoms with Crippen molar-refractivity contribution in [3.63, 3.8) is 0 Å². The molecule has 6 rings (SSSR count). The van der Waals surface area contributed by atoms with Gasteiger partial charge >= 0.3 is 12.1 Å². The van der Waals surface area contributed by atoms with Gasteiger partial charge in [0, 0.05) is 37.2 Å². The van der Waals surface area contributed by atoms with Crippen molar-refractivity contribution < 1.29 is 38.0 Å². The summed E-state index contributed by atoms with van der Waals surface area (Å²) in [7, 11) is 0. The molecule has 1 fully saturated rings. The monoisotopic (exact) mass is 828 g/mol. The Labute approximate surface area is 357 Å². The van der Waals surface area contributed by atoms with Gasteiger partial charge in [-0.05, 0) is 81.3 Å². The van der Waals surface area contributed by atoms with E-state index in [0.29, 0.717) is 84.4 Å². The molecule has 0 saturated carbocycles. The van der Waals surface area contributed by atoms with Crippen LogP contribution in [-0.4, -0.2) is 53.5 Å². The van der Waals surface area contributed by atoms with Crippen molar-refractivity contribution in [1.82, 2.24) is 10.3 Å². The molecule has 0 spiro atoms. The number of piperidine rings is 1. The van der Waals surface area contributed by atoms with Crippen LogP contribution >= 0.6 is 0 Å². The van der Waals surface area contributed by atoms with Crippen LogP contribution in [0.1, 0.15) is 76.8 Å². The van der Waals surface area contributed by atoms with Gasteiger partial charge in [0.25, 0.3) is 0 Å². The Bertz CT molecular complexity index is 2290. The van der Waals surface area contributed by atoms with Gasteiger partial charge in [-0.25, -0.2) is 19.0 Å². The highest BCUT2D eigenvalue weighted by atomic mass is 19.1. The summed E-state index contributed by atoms with van der Waals surface area (Å²) in [6.45, 7) is 15.1. The van der Waals surface area contributed by atoms with Gasteiger partial charge in [0.05, 0.1) is 24.4 Å². The van der Waals surface area contributed by atoms with Crippen LogP contribution in [0.4, 0.5) is 20.7 Å². The second kappa shape index (κ2) is 21.1. The topological polar surface area (TPSA) is 124 Å². The zero-order chi connectivity index (χ0) is 43.2. The average Bonchev–Trinajstić information content (AvgIpc) is 3.24. The normalized spacial score (nSPS) is 12.9. The zero-order valence-electron chi connectivity index (χ0n) is 35.0. The van der Waals surface area contributed by atoms with Gasteiger partial charge in [0.1, 0.15) is 36.2 Å². The number of nitrogens with one attached hydrogen (secondary N) is 1. The maximum Gasteiger partial charge on any atom is 0.407 e. The van der Waals surface area contributed by atoms with Crippen LogP contribution in [0.25, 0.3) is 27.2 Å². The number of anilines is 1. The number of nitrogens with zero attached hydrogens (tertiary/aromatic N) is 3. The van der Waals surface area contributed by atoms with E-state index in [1.165, 1.54) is 12.1 Å². The van der Waals surface area contributed by atoms with Crippen molar-refractivity contribution in [1.29, 1.82) is 0 Å². The Morgan fingerprint density at radius 1 is 0.803 bits per heavy atom. The summed E-state index contributed by atoms with van der Waals surface area (Å²) < 4.78 is 40.4. The first kappa shape index (κ1) is 44.0. The SMILES string of the molecule is [C-]#[N+]c1ccc(-c2nc(N3CCC(NC(=O)OC(C)(C)C)CC3)cc(OCc3ccccc3)c2-c2ccc(OCCCCCCC(=O)O)c(OCc3ccccc3)c2)cc1F. The van der Waals surface area contributed by atoms with Crippen molar-refractivity contribution in [3.05, 3.63) is 131 Å². The van der Waals surface area contributed by atoms with E-state index >= 15 is 4.39 Å². The number of unbranched alkanes of at least 4 members (excludes halogenated alkanes) is 3. The number of alkyl carbamates (subject to hydrolysis) is 1. The fourth-order valence-corrected chi connectivity index (χ4v) is 7.02. The number of halogens is 1. The van der Waals surface area contributed by atoms with Crippen LogP contribution in [0, 0.1) is 12.4 Å². The number of aromatic nitrogens is 1. The molecule has 5 aromatic rings. The lowest BCUT2D eigenvalue weighted by Crippen LogP contribution is -2.46. The Balaban J connectivity index is 1.39. The molecule has 1 aromatic heterocycles. The number of amides is 1. The second-order valence-electron chi connectivity index (χ2n) is 16.0. The Kier molecular flexibility index (Phi) is 15.2. The highest BCUT2D eigenvalue weighted by Crippen LogP contribution is 2.44. The first-order chi connectivity index (χ1) is 29.5. The second-order valence-corrected chi connectivity index (χ2v) is 16.0. The minimum atomic E-state index is -0.794. The largest absolute Gasteiger partial charge is 0.490 e. The van der Waals surface area contributed by atoms with Gasteiger partial charge < -0.3 is 34.3 Å². The molecule has 0 atom stereocenters. The van der Waals surface area contributed by atoms with E-state index in [9.17, 15) is 9.59 Å². The molecule has 0 aliphatic carbocycles. The van der Waals surface area contributed by atoms with Gasteiger partial charge in [0.15, 0.2) is 11.5 Å². The molecule has 12 heteroatoms. The minimum Gasteiger partial charge on any atom is -0.490 e. The smallest absolute Gasteiger partial charge is 0.407 e. The van der Waals surface area contributed by atoms with Gasteiger partial charge in [-0.1, -0.05) is 91.7 Å². The zero-order valence-corrected chi connectivity index (χ0v) is 35.0. The Morgan fingerprint density at radius 3 is 2.07 bits per heavy atom. The molecule has 4 aromatic carbocycles. The van der Waals surface area contributed by atoms with E-state index in [1.807, 2.05) is 106 Å². The van der Waals surface area contributed by atoms with E-state index in [1.54, 1.807) is 6.07 Å². The molecule has 1 saturated heterocycles. The summed E-state index contributed by atoms with van der Waals surface area (Å²) >= 11 is 0. The average molecular weight is 829 g/mol. The molecular formula is C49H53FN4O7. The molecule has 11 nitrogen and oxygen atoms in total. The summed E-state index contributed by atoms with van der Waals surface area (Å²) in [5.74, 6) is 0.708. The predicted molar refractivity (Wildman–Crippen MR) is 234 cm³/mol. The lowest BCUT2D eigenvalue weighted by Gasteiger charge is -2.34. The fourth-order valence-electron chi connectivity index (χ4n) is 7.02. The van der Waals surface area contributed by atoms with Crippen molar-refractivity contribution in [2.24, 2.45) is 0 Å². The fraction of sp³-hybridized carbons (Fsp3) is 0.347. The number of carboxylic acid groups (broad SMARTS) is 1. The van der Waals surface area contributed by atoms with Crippen LogP contribution in [0.2, 0.25) is 0 Å². The minimum absolute atomic E-state index is 0.0825. The van der Waals surface area contributed by atoms with E-state index in [0.717, 1.165) is 30.4 Å². The van der Waals surface area contributed by atoms with Gasteiger partial charge in [-0.2, -0.15) is 0 Å². The molecule has 2 heterocycles. The van der Waals surface area contributed by atoms with E-state index < -0.39 is 23.5 Å².